The second kappa shape index (κ2) is 11.6. The topological polar surface area (TPSA) is 102 Å². The van der Waals surface area contributed by atoms with E-state index < -0.39 is 31.9 Å². The second-order valence-corrected chi connectivity index (χ2v) is 9.32. The monoisotopic (exact) mass is 462 g/mol. The molecule has 168 valence electrons. The maximum atomic E-state index is 11.8. The molecule has 0 saturated carbocycles. The van der Waals surface area contributed by atoms with E-state index in [2.05, 4.69) is 0 Å². The summed E-state index contributed by atoms with van der Waals surface area (Å²) in [6.07, 6.45) is -2.16. The first-order chi connectivity index (χ1) is 14.2. The minimum atomic E-state index is -3.78. The summed E-state index contributed by atoms with van der Waals surface area (Å²) in [5.74, 6) is 2.65. The van der Waals surface area contributed by atoms with Crippen molar-refractivity contribution in [1.82, 2.24) is 0 Å². The molecule has 5 atom stereocenters. The van der Waals surface area contributed by atoms with Crippen LogP contribution in [0.4, 0.5) is 0 Å². The lowest BCUT2D eigenvalue weighted by Gasteiger charge is -2.25. The molecule has 12 heteroatoms. The summed E-state index contributed by atoms with van der Waals surface area (Å²) in [6, 6.07) is 2.74. The van der Waals surface area contributed by atoms with E-state index in [9.17, 15) is 9.46 Å². The van der Waals surface area contributed by atoms with Crippen LogP contribution in [0.5, 0.6) is 17.2 Å². The van der Waals surface area contributed by atoms with E-state index in [4.69, 9.17) is 40.8 Å². The second-order valence-electron chi connectivity index (χ2n) is 6.58. The summed E-state index contributed by atoms with van der Waals surface area (Å²) in [5.41, 5.74) is 0.847. The summed E-state index contributed by atoms with van der Waals surface area (Å²) in [6.45, 7) is 1.26. The molecular weight excluding hydrogens is 434 g/mol. The van der Waals surface area contributed by atoms with Crippen LogP contribution in [0.15, 0.2) is 12.1 Å². The molecule has 3 unspecified atom stereocenters. The Morgan fingerprint density at radius 2 is 1.77 bits per heavy atom. The van der Waals surface area contributed by atoms with Gasteiger partial charge in [-0.2, -0.15) is 0 Å². The van der Waals surface area contributed by atoms with Crippen molar-refractivity contribution in [2.45, 2.75) is 30.1 Å². The van der Waals surface area contributed by atoms with Gasteiger partial charge in [0.15, 0.2) is 0 Å². The van der Waals surface area contributed by atoms with Crippen molar-refractivity contribution in [3.05, 3.63) is 17.7 Å². The van der Waals surface area contributed by atoms with Crippen molar-refractivity contribution in [1.29, 1.82) is 0 Å². The molecule has 1 aliphatic rings. The van der Waals surface area contributed by atoms with E-state index in [0.717, 1.165) is 12.2 Å². The zero-order valence-corrected chi connectivity index (χ0v) is 19.4. The van der Waals surface area contributed by atoms with E-state index in [-0.39, 0.29) is 12.5 Å². The molecule has 1 fully saturated rings. The molecular formula is C18H28BO9PS. The molecule has 9 nitrogen and oxygen atoms in total. The Morgan fingerprint density at radius 3 is 2.27 bits per heavy atom. The van der Waals surface area contributed by atoms with Crippen LogP contribution in [-0.4, -0.2) is 84.7 Å². The van der Waals surface area contributed by atoms with Crippen LogP contribution in [0.25, 0.3) is 0 Å². The number of hydrogen-bond donors (Lipinski definition) is 1. The van der Waals surface area contributed by atoms with Crippen molar-refractivity contribution in [3.8, 4) is 17.2 Å². The predicted molar refractivity (Wildman–Crippen MR) is 114 cm³/mol. The summed E-state index contributed by atoms with van der Waals surface area (Å²) >= 11 is 1.45. The largest absolute Gasteiger partial charge is 0.496 e. The highest BCUT2D eigenvalue weighted by atomic mass is 32.2. The molecule has 1 N–H and O–H groups in total. The Balaban J connectivity index is 2.02. The fourth-order valence-electron chi connectivity index (χ4n) is 3.09. The summed E-state index contributed by atoms with van der Waals surface area (Å²) in [5, 5.41) is 0. The van der Waals surface area contributed by atoms with E-state index >= 15 is 0 Å². The van der Waals surface area contributed by atoms with Gasteiger partial charge in [-0.15, -0.1) is 11.8 Å². The van der Waals surface area contributed by atoms with Crippen LogP contribution in [0.3, 0.4) is 0 Å². The Bertz CT molecular complexity index is 707. The summed E-state index contributed by atoms with van der Waals surface area (Å²) in [7, 11) is 8.44. The van der Waals surface area contributed by atoms with Gasteiger partial charge >= 0.3 is 7.60 Å². The number of rotatable bonds is 12. The van der Waals surface area contributed by atoms with Gasteiger partial charge in [0.2, 0.25) is 0 Å². The molecule has 0 spiro atoms. The maximum Gasteiger partial charge on any atom is 0.325 e. The molecule has 1 saturated heterocycles. The van der Waals surface area contributed by atoms with Crippen molar-refractivity contribution in [2.75, 3.05) is 47.6 Å². The van der Waals surface area contributed by atoms with Gasteiger partial charge in [0.05, 0.1) is 33.9 Å². The Labute approximate surface area is 182 Å². The van der Waals surface area contributed by atoms with E-state index in [1.54, 1.807) is 33.5 Å². The first kappa shape index (κ1) is 25.3. The Kier molecular flexibility index (Phi) is 9.81. The molecule has 0 amide bonds. The van der Waals surface area contributed by atoms with Crippen molar-refractivity contribution < 1.29 is 42.4 Å². The van der Waals surface area contributed by atoms with E-state index in [0.29, 0.717) is 23.0 Å². The van der Waals surface area contributed by atoms with Gasteiger partial charge in [0, 0.05) is 43.2 Å². The highest BCUT2D eigenvalue weighted by Crippen LogP contribution is 2.43. The average Bonchev–Trinajstić information content (AvgIpc) is 2.97. The van der Waals surface area contributed by atoms with Crippen molar-refractivity contribution in [3.63, 3.8) is 0 Å². The standard InChI is InChI=1S/C18H28BO9PS/c1-22-8-15-16(28-29(5,20)21)17(18(19)27-15)26-10-30-9-12-13(24-3)6-11(23-2)7-14(12)25-4/h6-7,15-18H,8-10H2,1-5H3,(H,20,21)/t15-,16?,17?,18-/m1/s1. The Hall–Kier alpha value is -0.935. The molecule has 2 rings (SSSR count). The van der Waals surface area contributed by atoms with Crippen LogP contribution >= 0.6 is 19.4 Å². The first-order valence-corrected chi connectivity index (χ1v) is 12.3. The number of thioether (sulfide) groups is 1. The lowest BCUT2D eigenvalue weighted by Crippen LogP contribution is -2.38. The van der Waals surface area contributed by atoms with Crippen molar-refractivity contribution >= 4 is 27.2 Å². The third-order valence-electron chi connectivity index (χ3n) is 4.40. The molecule has 1 aromatic rings. The minimum Gasteiger partial charge on any atom is -0.496 e. The maximum absolute atomic E-state index is 11.8. The average molecular weight is 462 g/mol. The third kappa shape index (κ3) is 6.78. The quantitative estimate of drug-likeness (QED) is 0.215. The van der Waals surface area contributed by atoms with Gasteiger partial charge < -0.3 is 33.3 Å². The highest BCUT2D eigenvalue weighted by Gasteiger charge is 2.46. The molecule has 2 radical (unpaired) electrons. The van der Waals surface area contributed by atoms with Crippen LogP contribution in [-0.2, 0) is 29.1 Å². The Morgan fingerprint density at radius 1 is 1.13 bits per heavy atom. The summed E-state index contributed by atoms with van der Waals surface area (Å²) in [4.78, 5) is 9.64. The van der Waals surface area contributed by atoms with Gasteiger partial charge in [-0.05, 0) is 0 Å². The van der Waals surface area contributed by atoms with Gasteiger partial charge in [-0.25, -0.2) is 0 Å². The molecule has 0 aliphatic carbocycles. The number of methoxy groups -OCH3 is 4. The van der Waals surface area contributed by atoms with Gasteiger partial charge in [-0.1, -0.05) is 0 Å². The van der Waals surface area contributed by atoms with Gasteiger partial charge in [0.1, 0.15) is 43.4 Å². The van der Waals surface area contributed by atoms with Crippen LogP contribution in [0, 0.1) is 0 Å². The number of hydrogen-bond acceptors (Lipinski definition) is 9. The van der Waals surface area contributed by atoms with E-state index in [1.165, 1.54) is 18.9 Å². The van der Waals surface area contributed by atoms with E-state index in [1.807, 2.05) is 0 Å². The lowest BCUT2D eigenvalue weighted by molar-refractivity contribution is -0.0175. The van der Waals surface area contributed by atoms with Crippen LogP contribution in [0.1, 0.15) is 5.56 Å². The molecule has 1 aliphatic heterocycles. The zero-order chi connectivity index (χ0) is 22.3. The van der Waals surface area contributed by atoms with Crippen LogP contribution in [0.2, 0.25) is 0 Å². The third-order valence-corrected chi connectivity index (χ3v) is 5.83. The summed E-state index contributed by atoms with van der Waals surface area (Å²) < 4.78 is 49.8. The van der Waals surface area contributed by atoms with Gasteiger partial charge in [-0.3, -0.25) is 9.09 Å². The SMILES string of the molecule is [B][C@@H]1O[C@H](COC)C(OP(C)(=O)O)C1OCSCc1c(OC)cc(OC)cc1OC. The fraction of sp³-hybridized carbons (Fsp3) is 0.667. The molecule has 0 aromatic heterocycles. The predicted octanol–water partition coefficient (Wildman–Crippen LogP) is 2.03. The minimum absolute atomic E-state index is 0.158. The fourth-order valence-corrected chi connectivity index (χ4v) is 4.62. The number of ether oxygens (including phenoxy) is 6. The zero-order valence-electron chi connectivity index (χ0n) is 17.7. The molecule has 1 aromatic carbocycles. The number of benzene rings is 1. The highest BCUT2D eigenvalue weighted by molar-refractivity contribution is 7.98. The molecule has 30 heavy (non-hydrogen) atoms. The molecule has 0 bridgehead atoms. The first-order valence-electron chi connectivity index (χ1n) is 9.11. The lowest BCUT2D eigenvalue weighted by atomic mass is 9.93. The van der Waals surface area contributed by atoms with Crippen LogP contribution < -0.4 is 14.2 Å². The van der Waals surface area contributed by atoms with Gasteiger partial charge in [0.25, 0.3) is 0 Å². The smallest absolute Gasteiger partial charge is 0.325 e. The normalized spacial score (nSPS) is 25.7. The molecule has 1 heterocycles. The van der Waals surface area contributed by atoms with Crippen molar-refractivity contribution in [2.24, 2.45) is 0 Å².